The minimum absolute atomic E-state index is 0.0646. The second-order valence-corrected chi connectivity index (χ2v) is 5.81. The van der Waals surface area contributed by atoms with Gasteiger partial charge in [0.05, 0.1) is 13.2 Å². The Hall–Kier alpha value is -0.210. The van der Waals surface area contributed by atoms with Crippen LogP contribution in [0.3, 0.4) is 0 Å². The highest BCUT2D eigenvalue weighted by Crippen LogP contribution is 2.21. The van der Waals surface area contributed by atoms with Crippen molar-refractivity contribution >= 4 is 10.2 Å². The highest BCUT2D eigenvalue weighted by atomic mass is 32.2. The van der Waals surface area contributed by atoms with Crippen LogP contribution in [0.15, 0.2) is 0 Å². The van der Waals surface area contributed by atoms with E-state index in [9.17, 15) is 8.42 Å². The molecule has 2 aliphatic rings. The van der Waals surface area contributed by atoms with Crippen molar-refractivity contribution in [1.29, 1.82) is 0 Å². The Bertz CT molecular complexity index is 307. The van der Waals surface area contributed by atoms with E-state index in [0.29, 0.717) is 39.4 Å². The van der Waals surface area contributed by atoms with Gasteiger partial charge in [0.2, 0.25) is 0 Å². The van der Waals surface area contributed by atoms with Gasteiger partial charge in [-0.1, -0.05) is 0 Å². The predicted octanol–water partition coefficient (Wildman–Crippen LogP) is -1.51. The van der Waals surface area contributed by atoms with Crippen LogP contribution in [0, 0.1) is 5.92 Å². The molecule has 0 atom stereocenters. The summed E-state index contributed by atoms with van der Waals surface area (Å²) in [4.78, 5) is 0. The van der Waals surface area contributed by atoms with Gasteiger partial charge in [0.1, 0.15) is 0 Å². The summed E-state index contributed by atoms with van der Waals surface area (Å²) in [5.41, 5.74) is 0. The summed E-state index contributed by atoms with van der Waals surface area (Å²) in [5, 5.41) is 8.82. The first-order valence-electron chi connectivity index (χ1n) is 5.08. The van der Waals surface area contributed by atoms with Crippen LogP contribution in [0.4, 0.5) is 0 Å². The Kier molecular flexibility index (Phi) is 3.27. The fraction of sp³-hybridized carbons (Fsp3) is 1.00. The molecular weight excluding hydrogens is 220 g/mol. The fourth-order valence-electron chi connectivity index (χ4n) is 1.77. The number of nitrogens with zero attached hydrogens (tertiary/aromatic N) is 2. The number of hydrogen-bond acceptors (Lipinski definition) is 4. The van der Waals surface area contributed by atoms with Crippen LogP contribution in [-0.2, 0) is 14.9 Å². The molecule has 0 bridgehead atoms. The molecule has 0 unspecified atom stereocenters. The van der Waals surface area contributed by atoms with Crippen LogP contribution < -0.4 is 0 Å². The van der Waals surface area contributed by atoms with Gasteiger partial charge in [-0.3, -0.25) is 0 Å². The summed E-state index contributed by atoms with van der Waals surface area (Å²) >= 11 is 0. The van der Waals surface area contributed by atoms with Crippen LogP contribution in [-0.4, -0.2) is 68.1 Å². The van der Waals surface area contributed by atoms with E-state index in [1.165, 1.54) is 8.61 Å². The summed E-state index contributed by atoms with van der Waals surface area (Å²) < 4.78 is 31.9. The van der Waals surface area contributed by atoms with E-state index in [2.05, 4.69) is 0 Å². The van der Waals surface area contributed by atoms with E-state index in [1.54, 1.807) is 0 Å². The number of rotatable bonds is 3. The maximum absolute atomic E-state index is 11.9. The first kappa shape index (κ1) is 11.3. The Morgan fingerprint density at radius 2 is 1.80 bits per heavy atom. The molecule has 2 saturated heterocycles. The molecule has 6 nitrogen and oxygen atoms in total. The molecule has 0 spiro atoms. The van der Waals surface area contributed by atoms with Crippen molar-refractivity contribution in [2.24, 2.45) is 5.92 Å². The van der Waals surface area contributed by atoms with Crippen molar-refractivity contribution < 1.29 is 18.3 Å². The van der Waals surface area contributed by atoms with Crippen molar-refractivity contribution in [3.63, 3.8) is 0 Å². The van der Waals surface area contributed by atoms with Gasteiger partial charge in [0, 0.05) is 38.7 Å². The molecule has 15 heavy (non-hydrogen) atoms. The first-order chi connectivity index (χ1) is 7.14. The quantitative estimate of drug-likeness (QED) is 0.646. The predicted molar refractivity (Wildman–Crippen MR) is 53.5 cm³/mol. The number of ether oxygens (including phenoxy) is 1. The normalized spacial score (nSPS) is 26.5. The van der Waals surface area contributed by atoms with E-state index in [0.717, 1.165) is 0 Å². The van der Waals surface area contributed by atoms with Crippen LogP contribution in [0.25, 0.3) is 0 Å². The van der Waals surface area contributed by atoms with Crippen molar-refractivity contribution in [2.75, 3.05) is 46.0 Å². The van der Waals surface area contributed by atoms with E-state index >= 15 is 0 Å². The van der Waals surface area contributed by atoms with Gasteiger partial charge in [0.15, 0.2) is 0 Å². The SMILES string of the molecule is O=S(=O)(N1CCOCC1)N1CC(CO)C1. The third-order valence-corrected chi connectivity index (χ3v) is 4.77. The maximum atomic E-state index is 11.9. The summed E-state index contributed by atoms with van der Waals surface area (Å²) in [5.74, 6) is 0.112. The Labute approximate surface area is 89.6 Å². The lowest BCUT2D eigenvalue weighted by Gasteiger charge is -2.40. The van der Waals surface area contributed by atoms with Gasteiger partial charge in [-0.05, 0) is 0 Å². The van der Waals surface area contributed by atoms with Gasteiger partial charge < -0.3 is 9.84 Å². The highest BCUT2D eigenvalue weighted by Gasteiger charge is 2.39. The molecule has 0 aromatic carbocycles. The fourth-order valence-corrected chi connectivity index (χ4v) is 3.50. The summed E-state index contributed by atoms with van der Waals surface area (Å²) in [7, 11) is -3.29. The van der Waals surface area contributed by atoms with Gasteiger partial charge in [-0.2, -0.15) is 17.0 Å². The van der Waals surface area contributed by atoms with Crippen LogP contribution >= 0.6 is 0 Å². The molecule has 0 saturated carbocycles. The molecule has 0 amide bonds. The highest BCUT2D eigenvalue weighted by molar-refractivity contribution is 7.86. The van der Waals surface area contributed by atoms with Gasteiger partial charge in [0.25, 0.3) is 10.2 Å². The number of hydrogen-bond donors (Lipinski definition) is 1. The topological polar surface area (TPSA) is 70.1 Å². The average molecular weight is 236 g/mol. The van der Waals surface area contributed by atoms with Gasteiger partial charge >= 0.3 is 0 Å². The van der Waals surface area contributed by atoms with E-state index in [4.69, 9.17) is 9.84 Å². The molecule has 88 valence electrons. The Balaban J connectivity index is 1.95. The molecule has 2 rings (SSSR count). The summed E-state index contributed by atoms with van der Waals surface area (Å²) in [6.45, 7) is 2.75. The molecule has 0 aliphatic carbocycles. The lowest BCUT2D eigenvalue weighted by molar-refractivity contribution is 0.0621. The standard InChI is InChI=1S/C8H16N2O4S/c11-7-8-5-10(6-8)15(12,13)9-1-3-14-4-2-9/h8,11H,1-7H2. The number of aliphatic hydroxyl groups is 1. The first-order valence-corrected chi connectivity index (χ1v) is 6.48. The second-order valence-electron chi connectivity index (χ2n) is 3.88. The van der Waals surface area contributed by atoms with Gasteiger partial charge in [-0.25, -0.2) is 0 Å². The van der Waals surface area contributed by atoms with Crippen LogP contribution in [0.2, 0.25) is 0 Å². The lowest BCUT2D eigenvalue weighted by atomic mass is 10.1. The molecular formula is C8H16N2O4S. The zero-order valence-electron chi connectivity index (χ0n) is 8.50. The van der Waals surface area contributed by atoms with Crippen molar-refractivity contribution in [1.82, 2.24) is 8.61 Å². The van der Waals surface area contributed by atoms with Crippen molar-refractivity contribution in [3.8, 4) is 0 Å². The Morgan fingerprint density at radius 3 is 2.33 bits per heavy atom. The molecule has 0 aromatic heterocycles. The smallest absolute Gasteiger partial charge is 0.282 e. The molecule has 1 N–H and O–H groups in total. The molecule has 2 heterocycles. The minimum Gasteiger partial charge on any atom is -0.396 e. The summed E-state index contributed by atoms with van der Waals surface area (Å²) in [6.07, 6.45) is 0. The molecule has 0 radical (unpaired) electrons. The zero-order valence-corrected chi connectivity index (χ0v) is 9.32. The van der Waals surface area contributed by atoms with E-state index < -0.39 is 10.2 Å². The molecule has 2 fully saturated rings. The lowest BCUT2D eigenvalue weighted by Crippen LogP contribution is -2.57. The van der Waals surface area contributed by atoms with E-state index in [-0.39, 0.29) is 12.5 Å². The molecule has 0 aromatic rings. The molecule has 2 aliphatic heterocycles. The maximum Gasteiger partial charge on any atom is 0.282 e. The second kappa shape index (κ2) is 4.34. The third-order valence-electron chi connectivity index (χ3n) is 2.80. The number of morpholine rings is 1. The molecule has 7 heteroatoms. The monoisotopic (exact) mass is 236 g/mol. The zero-order chi connectivity index (χ0) is 10.9. The van der Waals surface area contributed by atoms with Crippen LogP contribution in [0.1, 0.15) is 0 Å². The van der Waals surface area contributed by atoms with Crippen LogP contribution in [0.5, 0.6) is 0 Å². The number of aliphatic hydroxyl groups excluding tert-OH is 1. The van der Waals surface area contributed by atoms with Crippen molar-refractivity contribution in [2.45, 2.75) is 0 Å². The Morgan fingerprint density at radius 1 is 1.20 bits per heavy atom. The van der Waals surface area contributed by atoms with Gasteiger partial charge in [-0.15, -0.1) is 0 Å². The van der Waals surface area contributed by atoms with Crippen molar-refractivity contribution in [3.05, 3.63) is 0 Å². The average Bonchev–Trinajstić information content (AvgIpc) is 2.17. The third kappa shape index (κ3) is 2.16. The minimum atomic E-state index is -3.29. The summed E-state index contributed by atoms with van der Waals surface area (Å²) in [6, 6.07) is 0. The largest absolute Gasteiger partial charge is 0.396 e. The van der Waals surface area contributed by atoms with E-state index in [1.807, 2.05) is 0 Å².